The third kappa shape index (κ3) is 3.51. The summed E-state index contributed by atoms with van der Waals surface area (Å²) < 4.78 is 6.62. The topological polar surface area (TPSA) is 44.1 Å². The fraction of sp³-hybridized carbons (Fsp3) is 0.556. The Labute approximate surface area is 88.3 Å². The van der Waals surface area contributed by atoms with Crippen LogP contribution in [0, 0.1) is 6.92 Å². The zero-order valence-electron chi connectivity index (χ0n) is 8.14. The van der Waals surface area contributed by atoms with Gasteiger partial charge >= 0.3 is 0 Å². The minimum Gasteiger partial charge on any atom is -0.379 e. The van der Waals surface area contributed by atoms with Crippen molar-refractivity contribution in [3.8, 4) is 0 Å². The number of ether oxygens (including phenoxy) is 1. The molecule has 78 valence electrons. The zero-order valence-corrected chi connectivity index (χ0v) is 9.04. The maximum atomic E-state index is 11.3. The van der Waals surface area contributed by atoms with Gasteiger partial charge in [0.05, 0.1) is 25.5 Å². The lowest BCUT2D eigenvalue weighted by Gasteiger charge is -2.05. The van der Waals surface area contributed by atoms with Crippen molar-refractivity contribution in [1.82, 2.24) is 9.78 Å². The summed E-state index contributed by atoms with van der Waals surface area (Å²) in [6.45, 7) is 3.44. The Hall–Kier alpha value is -0.810. The van der Waals surface area contributed by atoms with Gasteiger partial charge in [0.1, 0.15) is 0 Å². The lowest BCUT2D eigenvalue weighted by atomic mass is 10.4. The molecule has 0 unspecified atom stereocenters. The first-order chi connectivity index (χ1) is 6.74. The van der Waals surface area contributed by atoms with Crippen molar-refractivity contribution in [1.29, 1.82) is 0 Å². The first kappa shape index (κ1) is 11.3. The summed E-state index contributed by atoms with van der Waals surface area (Å²) in [4.78, 5) is 11.3. The van der Waals surface area contributed by atoms with Gasteiger partial charge in [-0.3, -0.25) is 4.79 Å². The molecule has 1 rings (SSSR count). The lowest BCUT2D eigenvalue weighted by molar-refractivity contribution is 0.137. The Kier molecular flexibility index (Phi) is 4.69. The molecule has 5 heteroatoms. The van der Waals surface area contributed by atoms with Crippen molar-refractivity contribution in [2.75, 3.05) is 19.0 Å². The number of hydrogen-bond acceptors (Lipinski definition) is 4. The highest BCUT2D eigenvalue weighted by atomic mass is 32.1. The number of thiol groups is 1. The van der Waals surface area contributed by atoms with Crippen LogP contribution < -0.4 is 5.56 Å². The van der Waals surface area contributed by atoms with Gasteiger partial charge in [-0.15, -0.1) is 0 Å². The van der Waals surface area contributed by atoms with Crippen LogP contribution in [-0.4, -0.2) is 28.7 Å². The zero-order chi connectivity index (χ0) is 10.4. The standard InChI is InChI=1S/C9H14N2O2S/c1-8-2-3-9(12)11(10-8)4-5-13-6-7-14/h2-3,14H,4-7H2,1H3. The van der Waals surface area contributed by atoms with Gasteiger partial charge in [0, 0.05) is 11.8 Å². The summed E-state index contributed by atoms with van der Waals surface area (Å²) in [5.41, 5.74) is 0.740. The highest BCUT2D eigenvalue weighted by Gasteiger charge is 1.96. The number of aryl methyl sites for hydroxylation is 1. The van der Waals surface area contributed by atoms with E-state index in [0.717, 1.165) is 5.69 Å². The number of aromatic nitrogens is 2. The van der Waals surface area contributed by atoms with E-state index >= 15 is 0 Å². The van der Waals surface area contributed by atoms with E-state index in [1.807, 2.05) is 6.92 Å². The van der Waals surface area contributed by atoms with Gasteiger partial charge in [0.25, 0.3) is 5.56 Å². The molecule has 0 aliphatic rings. The fourth-order valence-corrected chi connectivity index (χ4v) is 1.16. The first-order valence-corrected chi connectivity index (χ1v) is 5.10. The first-order valence-electron chi connectivity index (χ1n) is 4.47. The van der Waals surface area contributed by atoms with Crippen molar-refractivity contribution in [3.63, 3.8) is 0 Å². The smallest absolute Gasteiger partial charge is 0.266 e. The van der Waals surface area contributed by atoms with Gasteiger partial charge in [0.2, 0.25) is 0 Å². The average molecular weight is 214 g/mol. The van der Waals surface area contributed by atoms with Crippen LogP contribution >= 0.6 is 12.6 Å². The summed E-state index contributed by atoms with van der Waals surface area (Å²) in [5.74, 6) is 0.691. The number of hydrogen-bond donors (Lipinski definition) is 1. The molecule has 1 aromatic rings. The van der Waals surface area contributed by atoms with Crippen LogP contribution in [-0.2, 0) is 11.3 Å². The predicted octanol–water partition coefficient (Wildman–Crippen LogP) is 0.498. The summed E-state index contributed by atoms with van der Waals surface area (Å²) in [7, 11) is 0. The second-order valence-corrected chi connectivity index (χ2v) is 3.32. The molecule has 0 aliphatic carbocycles. The third-order valence-corrected chi connectivity index (χ3v) is 1.87. The summed E-state index contributed by atoms with van der Waals surface area (Å²) in [6, 6.07) is 3.22. The SMILES string of the molecule is Cc1ccc(=O)n(CCOCCS)n1. The van der Waals surface area contributed by atoms with Crippen LogP contribution in [0.25, 0.3) is 0 Å². The molecular formula is C9H14N2O2S. The van der Waals surface area contributed by atoms with Crippen LogP contribution in [0.4, 0.5) is 0 Å². The second kappa shape index (κ2) is 5.82. The van der Waals surface area contributed by atoms with E-state index in [9.17, 15) is 4.79 Å². The molecule has 0 N–H and O–H groups in total. The maximum Gasteiger partial charge on any atom is 0.266 e. The highest BCUT2D eigenvalue weighted by Crippen LogP contribution is 1.86. The van der Waals surface area contributed by atoms with Crippen LogP contribution in [0.15, 0.2) is 16.9 Å². The highest BCUT2D eigenvalue weighted by molar-refractivity contribution is 7.80. The Morgan fingerprint density at radius 1 is 1.50 bits per heavy atom. The van der Waals surface area contributed by atoms with Crippen molar-refractivity contribution < 1.29 is 4.74 Å². The Morgan fingerprint density at radius 3 is 3.00 bits per heavy atom. The second-order valence-electron chi connectivity index (χ2n) is 2.87. The molecule has 1 heterocycles. The van der Waals surface area contributed by atoms with Gasteiger partial charge in [-0.1, -0.05) is 0 Å². The van der Waals surface area contributed by atoms with Crippen molar-refractivity contribution in [2.45, 2.75) is 13.5 Å². The van der Waals surface area contributed by atoms with Crippen molar-refractivity contribution in [3.05, 3.63) is 28.2 Å². The molecular weight excluding hydrogens is 200 g/mol. The monoisotopic (exact) mass is 214 g/mol. The van der Waals surface area contributed by atoms with Gasteiger partial charge in [-0.05, 0) is 13.0 Å². The van der Waals surface area contributed by atoms with E-state index < -0.39 is 0 Å². The van der Waals surface area contributed by atoms with Gasteiger partial charge in [0.15, 0.2) is 0 Å². The van der Waals surface area contributed by atoms with Gasteiger partial charge < -0.3 is 4.74 Å². The van der Waals surface area contributed by atoms with Crippen molar-refractivity contribution in [2.24, 2.45) is 0 Å². The van der Waals surface area contributed by atoms with Crippen LogP contribution in [0.5, 0.6) is 0 Å². The average Bonchev–Trinajstić information content (AvgIpc) is 2.18. The van der Waals surface area contributed by atoms with E-state index in [2.05, 4.69) is 17.7 Å². The van der Waals surface area contributed by atoms with E-state index in [-0.39, 0.29) is 5.56 Å². The van der Waals surface area contributed by atoms with E-state index in [0.29, 0.717) is 25.5 Å². The van der Waals surface area contributed by atoms with Crippen molar-refractivity contribution >= 4 is 12.6 Å². The molecule has 0 bridgehead atoms. The predicted molar refractivity (Wildman–Crippen MR) is 57.9 cm³/mol. The number of nitrogens with zero attached hydrogens (tertiary/aromatic N) is 2. The third-order valence-electron chi connectivity index (χ3n) is 1.68. The molecule has 0 spiro atoms. The summed E-state index contributed by atoms with van der Waals surface area (Å²) >= 11 is 4.01. The Bertz CT molecular complexity index is 338. The van der Waals surface area contributed by atoms with E-state index in [4.69, 9.17) is 4.74 Å². The van der Waals surface area contributed by atoms with E-state index in [1.54, 1.807) is 6.07 Å². The van der Waals surface area contributed by atoms with Gasteiger partial charge in [-0.25, -0.2) is 4.68 Å². The van der Waals surface area contributed by atoms with Crippen LogP contribution in [0.3, 0.4) is 0 Å². The van der Waals surface area contributed by atoms with Crippen LogP contribution in [0.1, 0.15) is 5.69 Å². The molecule has 0 saturated heterocycles. The van der Waals surface area contributed by atoms with E-state index in [1.165, 1.54) is 10.7 Å². The molecule has 14 heavy (non-hydrogen) atoms. The summed E-state index contributed by atoms with van der Waals surface area (Å²) in [6.07, 6.45) is 0. The van der Waals surface area contributed by atoms with Gasteiger partial charge in [-0.2, -0.15) is 17.7 Å². The minimum atomic E-state index is -0.0925. The summed E-state index contributed by atoms with van der Waals surface area (Å²) in [5, 5.41) is 4.08. The normalized spacial score (nSPS) is 10.4. The molecule has 0 aromatic carbocycles. The number of rotatable bonds is 5. The molecule has 0 atom stereocenters. The molecule has 0 radical (unpaired) electrons. The molecule has 0 amide bonds. The van der Waals surface area contributed by atoms with Crippen LogP contribution in [0.2, 0.25) is 0 Å². The quantitative estimate of drug-likeness (QED) is 0.573. The lowest BCUT2D eigenvalue weighted by Crippen LogP contribution is -2.24. The minimum absolute atomic E-state index is 0.0925. The molecule has 0 aliphatic heterocycles. The Balaban J connectivity index is 2.49. The molecule has 1 aromatic heterocycles. The molecule has 4 nitrogen and oxygen atoms in total. The molecule has 0 saturated carbocycles. The Morgan fingerprint density at radius 2 is 2.29 bits per heavy atom. The maximum absolute atomic E-state index is 11.3. The molecule has 0 fully saturated rings. The fourth-order valence-electron chi connectivity index (χ4n) is 1.03. The largest absolute Gasteiger partial charge is 0.379 e.